The van der Waals surface area contributed by atoms with E-state index >= 15 is 0 Å². The molecule has 17 nitrogen and oxygen atoms in total. The van der Waals surface area contributed by atoms with E-state index in [1.54, 1.807) is 0 Å². The molecule has 108 heavy (non-hydrogen) atoms. The van der Waals surface area contributed by atoms with Gasteiger partial charge in [-0.25, -0.2) is 9.13 Å². The maximum absolute atomic E-state index is 13.1. The summed E-state index contributed by atoms with van der Waals surface area (Å²) in [5.41, 5.74) is 0. The molecule has 0 radical (unpaired) electrons. The minimum atomic E-state index is -5.00. The van der Waals surface area contributed by atoms with E-state index in [0.717, 1.165) is 193 Å². The molecule has 3 N–H and O–H groups in total. The Morgan fingerprint density at radius 1 is 0.269 bits per heavy atom. The molecule has 0 amide bonds. The number of hydrogen-bond acceptors (Lipinski definition) is 15. The Bertz CT molecular complexity index is 2660. The van der Waals surface area contributed by atoms with Crippen LogP contribution in [-0.2, 0) is 65.4 Å². The van der Waals surface area contributed by atoms with E-state index in [4.69, 9.17) is 37.0 Å². The van der Waals surface area contributed by atoms with Crippen LogP contribution in [0.5, 0.6) is 0 Å². The second kappa shape index (κ2) is 79.8. The standard InChI is InChI=1S/C89H148O17P2/c1-5-9-13-17-21-25-29-33-36-39-41-44-46-50-53-57-61-65-69-73-86(91)99-79-84(105-88(93)75-71-67-63-59-55-49-32-28-24-20-16-12-8-4)81-103-107(95,96)101-77-83(90)78-102-108(97,98)104-82-85(106-89(94)76-72-68-64-60-56-52-48-43-38-35-31-27-23-19-15-11-7-3)80-100-87(92)74-70-66-62-58-54-51-47-45-42-40-37-34-30-26-22-18-14-10-6-2/h9-11,13-15,21-23,25-27,33-38,41-42,44-45,48,50,52-53,83-85,90H,5-8,12,16-20,24,28-32,39-40,43,46-47,49,51,54-82H2,1-4H3,(H,95,96)(H,97,98)/b13-9-,14-10-,15-11-,25-21-,26-22-,27-23-,36-33-,37-34-,38-35-,44-41-,45-42-,52-48-,53-50-. The minimum absolute atomic E-state index is 0.0584. The molecule has 616 valence electrons. The van der Waals surface area contributed by atoms with E-state index < -0.39 is 97.5 Å². The molecule has 0 rings (SSSR count). The quantitative estimate of drug-likeness (QED) is 0.0169. The van der Waals surface area contributed by atoms with Crippen LogP contribution in [0.3, 0.4) is 0 Å². The first-order chi connectivity index (χ1) is 52.7. The number of unbranched alkanes of at least 4 members (excludes halogenated alkanes) is 25. The smallest absolute Gasteiger partial charge is 0.462 e. The number of aliphatic hydroxyl groups excluding tert-OH is 1. The number of aliphatic hydroxyl groups is 1. The van der Waals surface area contributed by atoms with Gasteiger partial charge in [-0.15, -0.1) is 0 Å². The molecule has 0 aliphatic heterocycles. The highest BCUT2D eigenvalue weighted by molar-refractivity contribution is 7.47. The zero-order valence-electron chi connectivity index (χ0n) is 67.5. The predicted molar refractivity (Wildman–Crippen MR) is 445 cm³/mol. The Labute approximate surface area is 655 Å². The first-order valence-electron chi connectivity index (χ1n) is 41.7. The lowest BCUT2D eigenvalue weighted by atomic mass is 10.0. The molecule has 0 aliphatic carbocycles. The summed E-state index contributed by atoms with van der Waals surface area (Å²) < 4.78 is 68.7. The van der Waals surface area contributed by atoms with Gasteiger partial charge in [0.1, 0.15) is 19.3 Å². The summed E-state index contributed by atoms with van der Waals surface area (Å²) in [6, 6.07) is 0. The third kappa shape index (κ3) is 78.8. The van der Waals surface area contributed by atoms with Gasteiger partial charge in [-0.2, -0.15) is 0 Å². The molecule has 0 saturated carbocycles. The fraction of sp³-hybridized carbons (Fsp3) is 0.663. The van der Waals surface area contributed by atoms with E-state index in [0.29, 0.717) is 25.7 Å². The van der Waals surface area contributed by atoms with Crippen LogP contribution in [0.4, 0.5) is 0 Å². The Morgan fingerprint density at radius 2 is 0.481 bits per heavy atom. The average Bonchev–Trinajstić information content (AvgIpc) is 0.916. The normalized spacial score (nSPS) is 14.6. The number of hydrogen-bond donors (Lipinski definition) is 3. The lowest BCUT2D eigenvalue weighted by Crippen LogP contribution is -2.30. The van der Waals surface area contributed by atoms with Crippen molar-refractivity contribution >= 4 is 39.5 Å². The van der Waals surface area contributed by atoms with Crippen LogP contribution in [0.25, 0.3) is 0 Å². The maximum Gasteiger partial charge on any atom is 0.472 e. The van der Waals surface area contributed by atoms with Crippen molar-refractivity contribution in [3.63, 3.8) is 0 Å². The highest BCUT2D eigenvalue weighted by Gasteiger charge is 2.30. The maximum atomic E-state index is 13.1. The summed E-state index contributed by atoms with van der Waals surface area (Å²) >= 11 is 0. The monoisotopic (exact) mass is 1550 g/mol. The molecular formula is C89H148O17P2. The van der Waals surface area contributed by atoms with Gasteiger partial charge in [0, 0.05) is 25.7 Å². The number of phosphoric acid groups is 2. The summed E-state index contributed by atoms with van der Waals surface area (Å²) in [6.45, 7) is 4.47. The fourth-order valence-corrected chi connectivity index (χ4v) is 12.3. The van der Waals surface area contributed by atoms with Gasteiger partial charge >= 0.3 is 39.5 Å². The largest absolute Gasteiger partial charge is 0.472 e. The molecule has 0 heterocycles. The van der Waals surface area contributed by atoms with Crippen molar-refractivity contribution in [2.75, 3.05) is 39.6 Å². The van der Waals surface area contributed by atoms with E-state index in [1.165, 1.54) is 51.4 Å². The van der Waals surface area contributed by atoms with Crippen LogP contribution in [0.15, 0.2) is 158 Å². The summed E-state index contributed by atoms with van der Waals surface area (Å²) in [6.07, 6.45) is 93.5. The van der Waals surface area contributed by atoms with Crippen LogP contribution in [0.1, 0.15) is 323 Å². The number of rotatable bonds is 77. The molecule has 0 bridgehead atoms. The molecule has 0 saturated heterocycles. The Kier molecular flexibility index (Phi) is 75.8. The Hall–Kier alpha value is -5.32. The van der Waals surface area contributed by atoms with Gasteiger partial charge in [-0.3, -0.25) is 37.3 Å². The molecule has 0 fully saturated rings. The zero-order chi connectivity index (χ0) is 78.9. The number of phosphoric ester groups is 2. The van der Waals surface area contributed by atoms with Crippen LogP contribution >= 0.6 is 15.6 Å². The molecule has 0 spiro atoms. The molecule has 19 heteroatoms. The van der Waals surface area contributed by atoms with Crippen molar-refractivity contribution in [1.82, 2.24) is 0 Å². The third-order valence-corrected chi connectivity index (χ3v) is 18.9. The molecular weight excluding hydrogens is 1400 g/mol. The summed E-state index contributed by atoms with van der Waals surface area (Å²) in [4.78, 5) is 73.2. The van der Waals surface area contributed by atoms with E-state index in [-0.39, 0.29) is 25.7 Å². The second-order valence-electron chi connectivity index (χ2n) is 27.3. The van der Waals surface area contributed by atoms with Crippen molar-refractivity contribution in [1.29, 1.82) is 0 Å². The molecule has 0 aromatic heterocycles. The molecule has 0 aromatic carbocycles. The number of ether oxygens (including phenoxy) is 4. The van der Waals surface area contributed by atoms with Gasteiger partial charge in [0.15, 0.2) is 12.2 Å². The zero-order valence-corrected chi connectivity index (χ0v) is 69.3. The van der Waals surface area contributed by atoms with Crippen molar-refractivity contribution in [2.24, 2.45) is 0 Å². The first-order valence-corrected chi connectivity index (χ1v) is 44.7. The van der Waals surface area contributed by atoms with Gasteiger partial charge in [-0.1, -0.05) is 308 Å². The highest BCUT2D eigenvalue weighted by Crippen LogP contribution is 2.45. The van der Waals surface area contributed by atoms with E-state index in [9.17, 15) is 43.2 Å². The van der Waals surface area contributed by atoms with Crippen molar-refractivity contribution in [3.05, 3.63) is 158 Å². The van der Waals surface area contributed by atoms with Crippen LogP contribution in [0.2, 0.25) is 0 Å². The predicted octanol–water partition coefficient (Wildman–Crippen LogP) is 24.8. The molecule has 0 aliphatic rings. The summed E-state index contributed by atoms with van der Waals surface area (Å²) in [7, 11) is -9.99. The van der Waals surface area contributed by atoms with Crippen molar-refractivity contribution in [2.45, 2.75) is 341 Å². The Morgan fingerprint density at radius 3 is 0.750 bits per heavy atom. The number of carbonyl (C=O) groups is 4. The van der Waals surface area contributed by atoms with Crippen LogP contribution < -0.4 is 0 Å². The summed E-state index contributed by atoms with van der Waals surface area (Å²) in [5, 5.41) is 10.7. The van der Waals surface area contributed by atoms with Crippen LogP contribution in [0, 0.1) is 0 Å². The Balaban J connectivity index is 5.43. The SMILES string of the molecule is CC/C=C\C/C=C\C/C=C\C/C=C\C/C=C\CCCCCC(=O)OCC(COP(=O)(O)OCC(O)COP(=O)(O)OCC(COC(=O)CCCCCCCC/C=C\C/C=C\C/C=C\C/C=C\CC)OC(=O)CCCCCC/C=C\C/C=C\C/C=C\C/C=C\CC)OC(=O)CCCCCCCCCCCCCCC. The molecule has 0 aromatic rings. The van der Waals surface area contributed by atoms with E-state index in [2.05, 4.69) is 186 Å². The van der Waals surface area contributed by atoms with Crippen molar-refractivity contribution in [3.8, 4) is 0 Å². The van der Waals surface area contributed by atoms with Gasteiger partial charge in [0.25, 0.3) is 0 Å². The average molecular weight is 1550 g/mol. The molecule has 5 unspecified atom stereocenters. The van der Waals surface area contributed by atoms with Crippen molar-refractivity contribution < 1.29 is 80.2 Å². The summed E-state index contributed by atoms with van der Waals surface area (Å²) in [5.74, 6) is -2.25. The lowest BCUT2D eigenvalue weighted by Gasteiger charge is -2.21. The number of carbonyl (C=O) groups excluding carboxylic acids is 4. The van der Waals surface area contributed by atoms with Gasteiger partial charge < -0.3 is 33.8 Å². The lowest BCUT2D eigenvalue weighted by molar-refractivity contribution is -0.161. The topological polar surface area (TPSA) is 237 Å². The number of allylic oxidation sites excluding steroid dienone is 26. The van der Waals surface area contributed by atoms with Gasteiger partial charge in [0.05, 0.1) is 26.4 Å². The first kappa shape index (κ1) is 103. The molecule has 5 atom stereocenters. The van der Waals surface area contributed by atoms with E-state index in [1.807, 2.05) is 0 Å². The van der Waals surface area contributed by atoms with Gasteiger partial charge in [-0.05, 0) is 148 Å². The minimum Gasteiger partial charge on any atom is -0.462 e. The third-order valence-electron chi connectivity index (χ3n) is 17.0. The van der Waals surface area contributed by atoms with Crippen LogP contribution in [-0.4, -0.2) is 96.7 Å². The van der Waals surface area contributed by atoms with Gasteiger partial charge in [0.2, 0.25) is 0 Å². The highest BCUT2D eigenvalue weighted by atomic mass is 31.2. The number of esters is 4. The fourth-order valence-electron chi connectivity index (χ4n) is 10.8. The second-order valence-corrected chi connectivity index (χ2v) is 30.2.